The number of benzene rings is 1. The number of rotatable bonds is 7. The van der Waals surface area contributed by atoms with E-state index < -0.39 is 10.0 Å². The van der Waals surface area contributed by atoms with Crippen LogP contribution in [-0.2, 0) is 16.6 Å². The Morgan fingerprint density at radius 1 is 1.27 bits per heavy atom. The maximum Gasteiger partial charge on any atom is 0.315 e. The van der Waals surface area contributed by atoms with Crippen molar-refractivity contribution in [1.29, 1.82) is 0 Å². The smallest absolute Gasteiger partial charge is 0.315 e. The van der Waals surface area contributed by atoms with Gasteiger partial charge >= 0.3 is 6.03 Å². The van der Waals surface area contributed by atoms with Crippen LogP contribution < -0.4 is 10.6 Å². The summed E-state index contributed by atoms with van der Waals surface area (Å²) in [7, 11) is -3.32. The van der Waals surface area contributed by atoms with Crippen molar-refractivity contribution in [1.82, 2.24) is 14.9 Å². The molecule has 0 bridgehead atoms. The topological polar surface area (TPSA) is 78.5 Å². The summed E-state index contributed by atoms with van der Waals surface area (Å²) < 4.78 is 25.1. The van der Waals surface area contributed by atoms with E-state index in [2.05, 4.69) is 10.6 Å². The maximum atomic E-state index is 11.9. The number of carbonyl (C=O) groups excluding carboxylic acids is 1. The Morgan fingerprint density at radius 3 is 2.45 bits per heavy atom. The first-order valence-electron chi connectivity index (χ1n) is 7.39. The van der Waals surface area contributed by atoms with Gasteiger partial charge in [-0.1, -0.05) is 29.8 Å². The Morgan fingerprint density at radius 2 is 1.91 bits per heavy atom. The van der Waals surface area contributed by atoms with Crippen LogP contribution in [0, 0.1) is 6.92 Å². The van der Waals surface area contributed by atoms with E-state index in [1.807, 2.05) is 31.2 Å². The second kappa shape index (κ2) is 7.11. The zero-order valence-corrected chi connectivity index (χ0v) is 13.8. The summed E-state index contributed by atoms with van der Waals surface area (Å²) in [5.74, 6) is 0. The summed E-state index contributed by atoms with van der Waals surface area (Å²) in [6.07, 6.45) is 3.23. The van der Waals surface area contributed by atoms with Gasteiger partial charge in [-0.25, -0.2) is 13.2 Å². The van der Waals surface area contributed by atoms with E-state index in [1.165, 1.54) is 10.6 Å². The third-order valence-corrected chi connectivity index (χ3v) is 4.76. The number of hydrogen-bond donors (Lipinski definition) is 2. The molecular formula is C15H23N3O3S. The predicted octanol–water partition coefficient (Wildman–Crippen LogP) is 1.22. The van der Waals surface area contributed by atoms with Crippen molar-refractivity contribution in [2.24, 2.45) is 0 Å². The second-order valence-corrected chi connectivity index (χ2v) is 7.74. The number of urea groups is 1. The van der Waals surface area contributed by atoms with Gasteiger partial charge in [0.05, 0.1) is 6.26 Å². The Balaban J connectivity index is 1.86. The van der Waals surface area contributed by atoms with Crippen LogP contribution in [0.3, 0.4) is 0 Å². The van der Waals surface area contributed by atoms with Crippen LogP contribution in [0.2, 0.25) is 0 Å². The number of carbonyl (C=O) groups is 1. The van der Waals surface area contributed by atoms with Crippen LogP contribution in [0.5, 0.6) is 0 Å². The molecule has 0 heterocycles. The lowest BCUT2D eigenvalue weighted by Crippen LogP contribution is -2.42. The van der Waals surface area contributed by atoms with Gasteiger partial charge in [0, 0.05) is 25.7 Å². The van der Waals surface area contributed by atoms with E-state index in [0.717, 1.165) is 24.0 Å². The van der Waals surface area contributed by atoms with Crippen molar-refractivity contribution >= 4 is 16.1 Å². The second-order valence-electron chi connectivity index (χ2n) is 5.76. The average molecular weight is 325 g/mol. The number of aryl methyl sites for hydroxylation is 1. The normalized spacial score (nSPS) is 14.9. The van der Waals surface area contributed by atoms with Gasteiger partial charge in [0.2, 0.25) is 10.0 Å². The van der Waals surface area contributed by atoms with E-state index >= 15 is 0 Å². The first-order chi connectivity index (χ1) is 10.3. The minimum absolute atomic E-state index is 0.230. The molecule has 0 unspecified atom stereocenters. The van der Waals surface area contributed by atoms with Crippen molar-refractivity contribution in [2.45, 2.75) is 32.4 Å². The van der Waals surface area contributed by atoms with E-state index in [1.54, 1.807) is 0 Å². The van der Waals surface area contributed by atoms with Gasteiger partial charge in [0.1, 0.15) is 0 Å². The summed E-state index contributed by atoms with van der Waals surface area (Å²) in [5, 5.41) is 5.50. The van der Waals surface area contributed by atoms with Crippen LogP contribution in [0.15, 0.2) is 24.3 Å². The molecule has 2 amide bonds. The molecule has 7 heteroatoms. The van der Waals surface area contributed by atoms with Gasteiger partial charge in [-0.2, -0.15) is 4.31 Å². The van der Waals surface area contributed by atoms with Gasteiger partial charge < -0.3 is 10.6 Å². The summed E-state index contributed by atoms with van der Waals surface area (Å²) in [6.45, 7) is 2.84. The molecule has 1 aromatic carbocycles. The van der Waals surface area contributed by atoms with Crippen LogP contribution in [0.1, 0.15) is 24.0 Å². The lowest BCUT2D eigenvalue weighted by molar-refractivity contribution is 0.239. The molecule has 22 heavy (non-hydrogen) atoms. The fourth-order valence-corrected chi connectivity index (χ4v) is 2.82. The zero-order chi connectivity index (χ0) is 16.2. The van der Waals surface area contributed by atoms with Crippen molar-refractivity contribution < 1.29 is 13.2 Å². The first-order valence-corrected chi connectivity index (χ1v) is 9.24. The number of sulfonamides is 1. The molecule has 0 aliphatic heterocycles. The standard InChI is InChI=1S/C15H23N3O3S/c1-12-3-5-13(6-4-12)11-18(22(2,20)21)10-9-16-15(19)17-14-7-8-14/h3-6,14H,7-11H2,1-2H3,(H2,16,17,19). The predicted molar refractivity (Wildman–Crippen MR) is 86.0 cm³/mol. The van der Waals surface area contributed by atoms with Crippen LogP contribution in [0.25, 0.3) is 0 Å². The molecule has 1 fully saturated rings. The molecule has 1 aliphatic rings. The highest BCUT2D eigenvalue weighted by Crippen LogP contribution is 2.18. The summed E-state index contributed by atoms with van der Waals surface area (Å²) in [6, 6.07) is 7.81. The molecule has 0 radical (unpaired) electrons. The fourth-order valence-electron chi connectivity index (χ4n) is 2.02. The van der Waals surface area contributed by atoms with Crippen LogP contribution in [0.4, 0.5) is 4.79 Å². The van der Waals surface area contributed by atoms with Crippen LogP contribution in [-0.4, -0.2) is 44.1 Å². The van der Waals surface area contributed by atoms with E-state index in [4.69, 9.17) is 0 Å². The number of nitrogens with one attached hydrogen (secondary N) is 2. The molecule has 6 nitrogen and oxygen atoms in total. The van der Waals surface area contributed by atoms with Gasteiger partial charge in [-0.15, -0.1) is 0 Å². The molecule has 0 spiro atoms. The number of amides is 2. The Kier molecular flexibility index (Phi) is 5.42. The van der Waals surface area contributed by atoms with Gasteiger partial charge in [-0.05, 0) is 25.3 Å². The average Bonchev–Trinajstić information content (AvgIpc) is 3.22. The molecular weight excluding hydrogens is 302 g/mol. The lowest BCUT2D eigenvalue weighted by Gasteiger charge is -2.20. The molecule has 122 valence electrons. The van der Waals surface area contributed by atoms with E-state index in [-0.39, 0.29) is 19.1 Å². The summed E-state index contributed by atoms with van der Waals surface area (Å²) >= 11 is 0. The molecule has 2 N–H and O–H groups in total. The van der Waals surface area contributed by atoms with Crippen molar-refractivity contribution in [3.05, 3.63) is 35.4 Å². The molecule has 0 aromatic heterocycles. The molecule has 0 saturated heterocycles. The third kappa shape index (κ3) is 5.65. The third-order valence-electron chi connectivity index (χ3n) is 3.51. The van der Waals surface area contributed by atoms with Crippen LogP contribution >= 0.6 is 0 Å². The molecule has 1 saturated carbocycles. The SMILES string of the molecule is Cc1ccc(CN(CCNC(=O)NC2CC2)S(C)(=O)=O)cc1. The van der Waals surface area contributed by atoms with Crippen molar-refractivity contribution in [3.63, 3.8) is 0 Å². The molecule has 2 rings (SSSR count). The Bertz CT molecular complexity index is 609. The van der Waals surface area contributed by atoms with Gasteiger partial charge in [0.25, 0.3) is 0 Å². The molecule has 1 aliphatic carbocycles. The van der Waals surface area contributed by atoms with Crippen molar-refractivity contribution in [3.8, 4) is 0 Å². The number of nitrogens with zero attached hydrogens (tertiary/aromatic N) is 1. The fraction of sp³-hybridized carbons (Fsp3) is 0.533. The van der Waals surface area contributed by atoms with Gasteiger partial charge in [-0.3, -0.25) is 0 Å². The summed E-state index contributed by atoms with van der Waals surface area (Å²) in [4.78, 5) is 11.5. The minimum Gasteiger partial charge on any atom is -0.337 e. The largest absolute Gasteiger partial charge is 0.337 e. The van der Waals surface area contributed by atoms with E-state index in [0.29, 0.717) is 12.6 Å². The highest BCUT2D eigenvalue weighted by atomic mass is 32.2. The maximum absolute atomic E-state index is 11.9. The highest BCUT2D eigenvalue weighted by molar-refractivity contribution is 7.88. The zero-order valence-electron chi connectivity index (χ0n) is 13.0. The number of hydrogen-bond acceptors (Lipinski definition) is 3. The van der Waals surface area contributed by atoms with Crippen molar-refractivity contribution in [2.75, 3.05) is 19.3 Å². The highest BCUT2D eigenvalue weighted by Gasteiger charge is 2.23. The lowest BCUT2D eigenvalue weighted by atomic mass is 10.1. The molecule has 1 aromatic rings. The summed E-state index contributed by atoms with van der Waals surface area (Å²) in [5.41, 5.74) is 2.06. The Hall–Kier alpha value is -1.60. The Labute approximate surface area is 131 Å². The first kappa shape index (κ1) is 16.8. The monoisotopic (exact) mass is 325 g/mol. The van der Waals surface area contributed by atoms with Gasteiger partial charge in [0.15, 0.2) is 0 Å². The van der Waals surface area contributed by atoms with E-state index in [9.17, 15) is 13.2 Å². The quantitative estimate of drug-likeness (QED) is 0.791. The minimum atomic E-state index is -3.32. The molecule has 0 atom stereocenters.